The van der Waals surface area contributed by atoms with E-state index in [1.54, 1.807) is 13.2 Å². The second-order valence-electron chi connectivity index (χ2n) is 6.48. The zero-order chi connectivity index (χ0) is 18.4. The molecular formula is C20H24N2O3S. The summed E-state index contributed by atoms with van der Waals surface area (Å²) >= 11 is 1.42. The quantitative estimate of drug-likeness (QED) is 0.722. The zero-order valence-electron chi connectivity index (χ0n) is 14.9. The SMILES string of the molecule is COc1ccccc1N1CC[C@@H](CNC(=O)CCC(=O)c2cccs2)C1. The fourth-order valence-electron chi connectivity index (χ4n) is 3.24. The predicted molar refractivity (Wildman–Crippen MR) is 104 cm³/mol. The van der Waals surface area contributed by atoms with E-state index in [1.807, 2.05) is 29.6 Å². The van der Waals surface area contributed by atoms with Crippen LogP contribution in [0.5, 0.6) is 5.75 Å². The third-order valence-electron chi connectivity index (χ3n) is 4.67. The molecule has 1 saturated heterocycles. The van der Waals surface area contributed by atoms with Crippen LogP contribution in [0, 0.1) is 5.92 Å². The fraction of sp³-hybridized carbons (Fsp3) is 0.400. The van der Waals surface area contributed by atoms with Gasteiger partial charge in [0.1, 0.15) is 5.75 Å². The summed E-state index contributed by atoms with van der Waals surface area (Å²) in [6.45, 7) is 2.50. The van der Waals surface area contributed by atoms with Crippen molar-refractivity contribution in [3.63, 3.8) is 0 Å². The van der Waals surface area contributed by atoms with Crippen LogP contribution in [-0.4, -0.2) is 38.4 Å². The molecule has 0 aliphatic carbocycles. The molecule has 0 unspecified atom stereocenters. The van der Waals surface area contributed by atoms with Crippen molar-refractivity contribution in [2.24, 2.45) is 5.92 Å². The summed E-state index contributed by atoms with van der Waals surface area (Å²) < 4.78 is 5.43. The Kier molecular flexibility index (Phi) is 6.28. The van der Waals surface area contributed by atoms with E-state index in [9.17, 15) is 9.59 Å². The van der Waals surface area contributed by atoms with Crippen molar-refractivity contribution in [3.8, 4) is 5.75 Å². The van der Waals surface area contributed by atoms with Gasteiger partial charge in [-0.3, -0.25) is 9.59 Å². The molecular weight excluding hydrogens is 348 g/mol. The molecule has 0 saturated carbocycles. The number of nitrogens with one attached hydrogen (secondary N) is 1. The van der Waals surface area contributed by atoms with Gasteiger partial charge in [0.05, 0.1) is 17.7 Å². The van der Waals surface area contributed by atoms with Crippen LogP contribution in [0.15, 0.2) is 41.8 Å². The number of ether oxygens (including phenoxy) is 1. The third kappa shape index (κ3) is 4.64. The summed E-state index contributed by atoms with van der Waals surface area (Å²) in [6.07, 6.45) is 1.55. The van der Waals surface area contributed by atoms with Gasteiger partial charge in [-0.15, -0.1) is 11.3 Å². The smallest absolute Gasteiger partial charge is 0.220 e. The maximum absolute atomic E-state index is 12.0. The van der Waals surface area contributed by atoms with Crippen LogP contribution >= 0.6 is 11.3 Å². The monoisotopic (exact) mass is 372 g/mol. The number of benzene rings is 1. The minimum atomic E-state index is -0.0503. The van der Waals surface area contributed by atoms with Crippen LogP contribution in [0.3, 0.4) is 0 Å². The summed E-state index contributed by atoms with van der Waals surface area (Å²) in [7, 11) is 1.68. The molecule has 1 aromatic heterocycles. The van der Waals surface area contributed by atoms with E-state index in [-0.39, 0.29) is 24.5 Å². The van der Waals surface area contributed by atoms with Crippen molar-refractivity contribution in [2.75, 3.05) is 31.6 Å². The lowest BCUT2D eigenvalue weighted by Crippen LogP contribution is -2.31. The minimum Gasteiger partial charge on any atom is -0.495 e. The molecule has 138 valence electrons. The maximum Gasteiger partial charge on any atom is 0.220 e. The summed E-state index contributed by atoms with van der Waals surface area (Å²) in [5.41, 5.74) is 1.10. The first-order chi connectivity index (χ1) is 12.7. The summed E-state index contributed by atoms with van der Waals surface area (Å²) in [4.78, 5) is 27.0. The van der Waals surface area contributed by atoms with E-state index in [2.05, 4.69) is 16.3 Å². The van der Waals surface area contributed by atoms with Crippen molar-refractivity contribution < 1.29 is 14.3 Å². The molecule has 5 nitrogen and oxygen atoms in total. The van der Waals surface area contributed by atoms with Crippen LogP contribution < -0.4 is 15.0 Å². The van der Waals surface area contributed by atoms with E-state index < -0.39 is 0 Å². The van der Waals surface area contributed by atoms with Crippen LogP contribution in [-0.2, 0) is 4.79 Å². The summed E-state index contributed by atoms with van der Waals surface area (Å²) in [5, 5.41) is 4.86. The number of ketones is 1. The van der Waals surface area contributed by atoms with Crippen molar-refractivity contribution in [1.82, 2.24) is 5.32 Å². The average Bonchev–Trinajstić information content (AvgIpc) is 3.36. The minimum absolute atomic E-state index is 0.0402. The number of amides is 1. The summed E-state index contributed by atoms with van der Waals surface area (Å²) in [5.74, 6) is 1.28. The number of hydrogen-bond acceptors (Lipinski definition) is 5. The van der Waals surface area contributed by atoms with E-state index in [4.69, 9.17) is 4.74 Å². The Labute approximate surface area is 158 Å². The van der Waals surface area contributed by atoms with Gasteiger partial charge in [0.15, 0.2) is 5.78 Å². The number of anilines is 1. The van der Waals surface area contributed by atoms with Crippen molar-refractivity contribution in [3.05, 3.63) is 46.7 Å². The molecule has 0 bridgehead atoms. The molecule has 26 heavy (non-hydrogen) atoms. The molecule has 6 heteroatoms. The van der Waals surface area contributed by atoms with Gasteiger partial charge in [0, 0.05) is 32.5 Å². The number of carbonyl (C=O) groups is 2. The number of nitrogens with zero attached hydrogens (tertiary/aromatic N) is 1. The highest BCUT2D eigenvalue weighted by molar-refractivity contribution is 7.12. The molecule has 1 fully saturated rings. The Morgan fingerprint density at radius 1 is 1.23 bits per heavy atom. The second-order valence-corrected chi connectivity index (χ2v) is 7.42. The molecule has 1 aromatic carbocycles. The van der Waals surface area contributed by atoms with Crippen LogP contribution in [0.2, 0.25) is 0 Å². The Hall–Kier alpha value is -2.34. The molecule has 1 aliphatic heterocycles. The number of thiophene rings is 1. The molecule has 1 N–H and O–H groups in total. The van der Waals surface area contributed by atoms with Gasteiger partial charge in [0.2, 0.25) is 5.91 Å². The second kappa shape index (κ2) is 8.85. The van der Waals surface area contributed by atoms with Crippen molar-refractivity contribution in [1.29, 1.82) is 0 Å². The first-order valence-corrected chi connectivity index (χ1v) is 9.76. The topological polar surface area (TPSA) is 58.6 Å². The Balaban J connectivity index is 1.41. The average molecular weight is 372 g/mol. The number of para-hydroxylation sites is 2. The first kappa shape index (κ1) is 18.5. The molecule has 1 aliphatic rings. The fourth-order valence-corrected chi connectivity index (χ4v) is 3.94. The Bertz CT molecular complexity index is 745. The van der Waals surface area contributed by atoms with Crippen molar-refractivity contribution >= 4 is 28.7 Å². The Morgan fingerprint density at radius 3 is 2.85 bits per heavy atom. The van der Waals surface area contributed by atoms with Gasteiger partial charge in [-0.2, -0.15) is 0 Å². The van der Waals surface area contributed by atoms with Gasteiger partial charge in [0.25, 0.3) is 0 Å². The van der Waals surface area contributed by atoms with E-state index >= 15 is 0 Å². The standard InChI is InChI=1S/C20H24N2O3S/c1-25-18-6-3-2-5-16(18)22-11-10-15(14-22)13-21-20(24)9-8-17(23)19-7-4-12-26-19/h2-7,12,15H,8-11,13-14H2,1H3,(H,21,24)/t15-/m0/s1. The molecule has 2 heterocycles. The van der Waals surface area contributed by atoms with Gasteiger partial charge in [-0.25, -0.2) is 0 Å². The highest BCUT2D eigenvalue weighted by Gasteiger charge is 2.24. The van der Waals surface area contributed by atoms with Gasteiger partial charge in [-0.05, 0) is 35.9 Å². The molecule has 0 spiro atoms. The largest absolute Gasteiger partial charge is 0.495 e. The van der Waals surface area contributed by atoms with Crippen molar-refractivity contribution in [2.45, 2.75) is 19.3 Å². The van der Waals surface area contributed by atoms with Gasteiger partial charge < -0.3 is 15.0 Å². The van der Waals surface area contributed by atoms with E-state index in [0.29, 0.717) is 12.5 Å². The lowest BCUT2D eigenvalue weighted by atomic mass is 10.1. The van der Waals surface area contributed by atoms with Crippen LogP contribution in [0.1, 0.15) is 28.9 Å². The number of rotatable bonds is 8. The van der Waals surface area contributed by atoms with Gasteiger partial charge >= 0.3 is 0 Å². The normalized spacial score (nSPS) is 16.5. The molecule has 1 atom stereocenters. The first-order valence-electron chi connectivity index (χ1n) is 8.88. The number of methoxy groups -OCH3 is 1. The molecule has 2 aromatic rings. The maximum atomic E-state index is 12.0. The van der Waals surface area contributed by atoms with Crippen LogP contribution in [0.25, 0.3) is 0 Å². The molecule has 0 radical (unpaired) electrons. The van der Waals surface area contributed by atoms with Crippen LogP contribution in [0.4, 0.5) is 5.69 Å². The van der Waals surface area contributed by atoms with E-state index in [0.717, 1.165) is 35.8 Å². The highest BCUT2D eigenvalue weighted by Crippen LogP contribution is 2.31. The molecule has 3 rings (SSSR count). The summed E-state index contributed by atoms with van der Waals surface area (Å²) in [6, 6.07) is 11.7. The van der Waals surface area contributed by atoms with Gasteiger partial charge in [-0.1, -0.05) is 18.2 Å². The van der Waals surface area contributed by atoms with E-state index in [1.165, 1.54) is 11.3 Å². The predicted octanol–water partition coefficient (Wildman–Crippen LogP) is 3.36. The lowest BCUT2D eigenvalue weighted by Gasteiger charge is -2.21. The lowest BCUT2D eigenvalue weighted by molar-refractivity contribution is -0.121. The number of carbonyl (C=O) groups excluding carboxylic acids is 2. The number of hydrogen-bond donors (Lipinski definition) is 1. The highest BCUT2D eigenvalue weighted by atomic mass is 32.1. The zero-order valence-corrected chi connectivity index (χ0v) is 15.8. The third-order valence-corrected chi connectivity index (χ3v) is 5.59. The number of Topliss-reactive ketones (excluding diaryl/α,β-unsaturated/α-hetero) is 1. The molecule has 1 amide bonds. The Morgan fingerprint density at radius 2 is 2.08 bits per heavy atom.